The van der Waals surface area contributed by atoms with E-state index in [1.54, 1.807) is 0 Å². The summed E-state index contributed by atoms with van der Waals surface area (Å²) in [6.45, 7) is 6.81. The van der Waals surface area contributed by atoms with Gasteiger partial charge in [0.2, 0.25) is 0 Å². The smallest absolute Gasteiger partial charge is 0.0644 e. The molecule has 1 aliphatic heterocycles. The normalized spacial score (nSPS) is 19.8. The second kappa shape index (κ2) is 7.57. The van der Waals surface area contributed by atoms with Gasteiger partial charge in [-0.2, -0.15) is 28.6 Å². The van der Waals surface area contributed by atoms with Crippen LogP contribution in [0.3, 0.4) is 0 Å². The molecule has 1 aliphatic rings. The van der Waals surface area contributed by atoms with Crippen molar-refractivity contribution in [3.63, 3.8) is 0 Å². The summed E-state index contributed by atoms with van der Waals surface area (Å²) >= 11 is 4.14. The molecule has 1 fully saturated rings. The lowest BCUT2D eigenvalue weighted by Gasteiger charge is -2.21. The Kier molecular flexibility index (Phi) is 6.06. The molecule has 19 heavy (non-hydrogen) atoms. The van der Waals surface area contributed by atoms with Crippen LogP contribution in [0.4, 0.5) is 0 Å². The quantitative estimate of drug-likeness (QED) is 0.832. The molecule has 0 bridgehead atoms. The van der Waals surface area contributed by atoms with Gasteiger partial charge >= 0.3 is 0 Å². The minimum atomic E-state index is 0.144. The monoisotopic (exact) mass is 301 g/mol. The number of nitrogens with one attached hydrogen (secondary N) is 1. The summed E-state index contributed by atoms with van der Waals surface area (Å²) in [6, 6.07) is 0. The van der Waals surface area contributed by atoms with Crippen LogP contribution in [0.15, 0.2) is 0 Å². The first-order valence-corrected chi connectivity index (χ1v) is 8.96. The zero-order chi connectivity index (χ0) is 13.7. The Morgan fingerprint density at radius 2 is 2.26 bits per heavy atom. The lowest BCUT2D eigenvalue weighted by molar-refractivity contribution is 0.267. The van der Waals surface area contributed by atoms with E-state index in [1.165, 1.54) is 28.5 Å². The number of hydrogen-bond donors (Lipinski definition) is 2. The minimum Gasteiger partial charge on any atom is -0.394 e. The number of aliphatic hydroxyl groups excluding tert-OH is 1. The molecule has 2 heterocycles. The van der Waals surface area contributed by atoms with Gasteiger partial charge in [0.25, 0.3) is 0 Å². The van der Waals surface area contributed by atoms with E-state index < -0.39 is 0 Å². The second-order valence-electron chi connectivity index (χ2n) is 4.79. The minimum absolute atomic E-state index is 0.144. The summed E-state index contributed by atoms with van der Waals surface area (Å²) in [7, 11) is 0. The number of rotatable bonds is 6. The standard InChI is InChI=1S/C13H23N3OS2/c1-10-13(11(2)16(15-10)3-4-17)8-14-7-12-9-18-5-6-19-12/h12,14,17H,3-9H2,1-2H3. The summed E-state index contributed by atoms with van der Waals surface area (Å²) < 4.78 is 1.90. The summed E-state index contributed by atoms with van der Waals surface area (Å²) in [5.74, 6) is 3.84. The molecular weight excluding hydrogens is 278 g/mol. The van der Waals surface area contributed by atoms with Crippen molar-refractivity contribution in [2.75, 3.05) is 30.4 Å². The highest BCUT2D eigenvalue weighted by molar-refractivity contribution is 8.06. The molecule has 1 saturated heterocycles. The highest BCUT2D eigenvalue weighted by Crippen LogP contribution is 2.23. The Bertz CT molecular complexity index is 403. The third-order valence-corrected chi connectivity index (χ3v) is 6.25. The van der Waals surface area contributed by atoms with Gasteiger partial charge in [-0.15, -0.1) is 0 Å². The van der Waals surface area contributed by atoms with Crippen molar-refractivity contribution in [2.45, 2.75) is 32.2 Å². The van der Waals surface area contributed by atoms with Crippen molar-refractivity contribution in [3.8, 4) is 0 Å². The van der Waals surface area contributed by atoms with Crippen LogP contribution in [0.25, 0.3) is 0 Å². The Hall–Kier alpha value is -0.170. The van der Waals surface area contributed by atoms with E-state index in [1.807, 2.05) is 11.6 Å². The third kappa shape index (κ3) is 4.15. The highest BCUT2D eigenvalue weighted by Gasteiger charge is 2.15. The van der Waals surface area contributed by atoms with Crippen molar-refractivity contribution in [1.29, 1.82) is 0 Å². The molecule has 0 saturated carbocycles. The lowest BCUT2D eigenvalue weighted by Crippen LogP contribution is -2.28. The molecule has 108 valence electrons. The van der Waals surface area contributed by atoms with Crippen molar-refractivity contribution >= 4 is 23.5 Å². The van der Waals surface area contributed by atoms with Gasteiger partial charge in [-0.25, -0.2) is 0 Å². The molecule has 1 atom stereocenters. The lowest BCUT2D eigenvalue weighted by atomic mass is 10.2. The van der Waals surface area contributed by atoms with Gasteiger partial charge in [0, 0.05) is 46.9 Å². The number of hydrogen-bond acceptors (Lipinski definition) is 5. The van der Waals surface area contributed by atoms with Crippen LogP contribution in [0, 0.1) is 13.8 Å². The molecule has 0 spiro atoms. The molecule has 0 amide bonds. The van der Waals surface area contributed by atoms with E-state index in [0.29, 0.717) is 6.54 Å². The molecule has 0 radical (unpaired) electrons. The van der Waals surface area contributed by atoms with Crippen LogP contribution >= 0.6 is 23.5 Å². The first-order chi connectivity index (χ1) is 9.22. The molecule has 1 unspecified atom stereocenters. The van der Waals surface area contributed by atoms with Crippen LogP contribution in [0.5, 0.6) is 0 Å². The summed E-state index contributed by atoms with van der Waals surface area (Å²) in [5, 5.41) is 17.8. The second-order valence-corrected chi connectivity index (χ2v) is 7.35. The number of thioether (sulfide) groups is 2. The fraction of sp³-hybridized carbons (Fsp3) is 0.769. The van der Waals surface area contributed by atoms with E-state index in [4.69, 9.17) is 5.11 Å². The maximum Gasteiger partial charge on any atom is 0.0644 e. The van der Waals surface area contributed by atoms with Gasteiger partial charge in [0.1, 0.15) is 0 Å². The Balaban J connectivity index is 1.84. The fourth-order valence-electron chi connectivity index (χ4n) is 2.31. The molecular formula is C13H23N3OS2. The summed E-state index contributed by atoms with van der Waals surface area (Å²) in [4.78, 5) is 0. The fourth-order valence-corrected chi connectivity index (χ4v) is 4.96. The number of aromatic nitrogens is 2. The SMILES string of the molecule is Cc1nn(CCO)c(C)c1CNCC1CSCCS1. The van der Waals surface area contributed by atoms with E-state index in [2.05, 4.69) is 40.9 Å². The first-order valence-electron chi connectivity index (χ1n) is 6.76. The molecule has 2 rings (SSSR count). The van der Waals surface area contributed by atoms with Gasteiger partial charge in [0.15, 0.2) is 0 Å². The van der Waals surface area contributed by atoms with Crippen LogP contribution < -0.4 is 5.32 Å². The third-order valence-electron chi connectivity index (χ3n) is 3.40. The molecule has 0 aliphatic carbocycles. The van der Waals surface area contributed by atoms with Crippen LogP contribution in [-0.2, 0) is 13.1 Å². The van der Waals surface area contributed by atoms with Crippen molar-refractivity contribution in [1.82, 2.24) is 15.1 Å². The van der Waals surface area contributed by atoms with Crippen LogP contribution in [0.1, 0.15) is 17.0 Å². The molecule has 1 aromatic rings. The zero-order valence-corrected chi connectivity index (χ0v) is 13.3. The van der Waals surface area contributed by atoms with Gasteiger partial charge in [-0.3, -0.25) is 4.68 Å². The molecule has 0 aromatic carbocycles. The first kappa shape index (κ1) is 15.2. The van der Waals surface area contributed by atoms with Gasteiger partial charge in [-0.05, 0) is 13.8 Å². The number of aryl methyl sites for hydroxylation is 1. The molecule has 4 nitrogen and oxygen atoms in total. The van der Waals surface area contributed by atoms with Crippen LogP contribution in [-0.4, -0.2) is 50.5 Å². The predicted octanol–water partition coefficient (Wildman–Crippen LogP) is 1.43. The number of aliphatic hydroxyl groups is 1. The molecule has 1 aromatic heterocycles. The van der Waals surface area contributed by atoms with Gasteiger partial charge < -0.3 is 10.4 Å². The Morgan fingerprint density at radius 1 is 1.42 bits per heavy atom. The van der Waals surface area contributed by atoms with Crippen LogP contribution in [0.2, 0.25) is 0 Å². The van der Waals surface area contributed by atoms with E-state index in [0.717, 1.165) is 24.0 Å². The average molecular weight is 301 g/mol. The van der Waals surface area contributed by atoms with Gasteiger partial charge in [0.05, 0.1) is 18.8 Å². The predicted molar refractivity (Wildman–Crippen MR) is 84.1 cm³/mol. The molecule has 2 N–H and O–H groups in total. The topological polar surface area (TPSA) is 50.1 Å². The van der Waals surface area contributed by atoms with E-state index in [9.17, 15) is 0 Å². The summed E-state index contributed by atoms with van der Waals surface area (Å²) in [6.07, 6.45) is 0. The van der Waals surface area contributed by atoms with Crippen molar-refractivity contribution in [2.24, 2.45) is 0 Å². The van der Waals surface area contributed by atoms with E-state index >= 15 is 0 Å². The number of nitrogens with zero attached hydrogens (tertiary/aromatic N) is 2. The Labute approximate surface area is 123 Å². The average Bonchev–Trinajstić information content (AvgIpc) is 2.68. The Morgan fingerprint density at radius 3 is 2.95 bits per heavy atom. The van der Waals surface area contributed by atoms with Gasteiger partial charge in [-0.1, -0.05) is 0 Å². The highest BCUT2D eigenvalue weighted by atomic mass is 32.2. The van der Waals surface area contributed by atoms with Crippen molar-refractivity contribution in [3.05, 3.63) is 17.0 Å². The maximum absolute atomic E-state index is 9.01. The largest absolute Gasteiger partial charge is 0.394 e. The summed E-state index contributed by atoms with van der Waals surface area (Å²) in [5.41, 5.74) is 3.52. The zero-order valence-electron chi connectivity index (χ0n) is 11.7. The van der Waals surface area contributed by atoms with Crippen molar-refractivity contribution < 1.29 is 5.11 Å². The van der Waals surface area contributed by atoms with E-state index in [-0.39, 0.29) is 6.61 Å². The maximum atomic E-state index is 9.01. The molecule has 6 heteroatoms.